The standard InChI is InChI=1S/C9H17NO2.C3H8/c1-5(11)7-3-9-8(12-9)2-6(7)4-10;1-3-2/h5-9,11H,2-4,10H2,1H3;3H2,1-2H3. The molecular weight excluding hydrogens is 190 g/mol. The number of fused-ring (bicyclic) bond motifs is 1. The summed E-state index contributed by atoms with van der Waals surface area (Å²) in [6.45, 7) is 6.79. The molecule has 2 aliphatic rings. The lowest BCUT2D eigenvalue weighted by molar-refractivity contribution is 0.0716. The van der Waals surface area contributed by atoms with E-state index < -0.39 is 0 Å². The molecule has 0 radical (unpaired) electrons. The van der Waals surface area contributed by atoms with Gasteiger partial charge in [0.25, 0.3) is 0 Å². The van der Waals surface area contributed by atoms with E-state index in [1.54, 1.807) is 0 Å². The third-order valence-corrected chi connectivity index (χ3v) is 3.26. The molecule has 3 heteroatoms. The van der Waals surface area contributed by atoms with Crippen LogP contribution in [0.15, 0.2) is 0 Å². The molecule has 0 aromatic carbocycles. The average molecular weight is 215 g/mol. The first-order valence-electron chi connectivity index (χ1n) is 6.17. The topological polar surface area (TPSA) is 58.8 Å². The van der Waals surface area contributed by atoms with E-state index in [-0.39, 0.29) is 6.10 Å². The van der Waals surface area contributed by atoms with Crippen molar-refractivity contribution < 1.29 is 9.84 Å². The molecule has 1 aliphatic carbocycles. The zero-order chi connectivity index (χ0) is 11.4. The Hall–Kier alpha value is -0.120. The van der Waals surface area contributed by atoms with Gasteiger partial charge < -0.3 is 15.6 Å². The van der Waals surface area contributed by atoms with E-state index in [1.165, 1.54) is 6.42 Å². The number of epoxide rings is 1. The summed E-state index contributed by atoms with van der Waals surface area (Å²) in [7, 11) is 0. The van der Waals surface area contributed by atoms with Gasteiger partial charge in [0.1, 0.15) is 0 Å². The molecule has 15 heavy (non-hydrogen) atoms. The minimum absolute atomic E-state index is 0.233. The highest BCUT2D eigenvalue weighted by Crippen LogP contribution is 2.43. The molecule has 2 rings (SSSR count). The lowest BCUT2D eigenvalue weighted by Crippen LogP contribution is -2.36. The molecule has 0 aromatic rings. The molecule has 2 fully saturated rings. The Labute approximate surface area is 93.0 Å². The number of rotatable bonds is 2. The van der Waals surface area contributed by atoms with Gasteiger partial charge in [-0.2, -0.15) is 0 Å². The van der Waals surface area contributed by atoms with Gasteiger partial charge in [-0.25, -0.2) is 0 Å². The minimum atomic E-state index is -0.233. The van der Waals surface area contributed by atoms with E-state index in [2.05, 4.69) is 13.8 Å². The Morgan fingerprint density at radius 3 is 2.33 bits per heavy atom. The van der Waals surface area contributed by atoms with Crippen LogP contribution in [0.1, 0.15) is 40.0 Å². The Kier molecular flexibility index (Phi) is 5.03. The zero-order valence-electron chi connectivity index (χ0n) is 10.1. The molecule has 1 saturated carbocycles. The van der Waals surface area contributed by atoms with Gasteiger partial charge in [-0.1, -0.05) is 20.3 Å². The fraction of sp³-hybridized carbons (Fsp3) is 1.00. The van der Waals surface area contributed by atoms with E-state index >= 15 is 0 Å². The molecule has 0 amide bonds. The summed E-state index contributed by atoms with van der Waals surface area (Å²) in [5, 5.41) is 9.50. The van der Waals surface area contributed by atoms with Crippen molar-refractivity contribution in [3.63, 3.8) is 0 Å². The van der Waals surface area contributed by atoms with E-state index in [9.17, 15) is 5.11 Å². The van der Waals surface area contributed by atoms with Gasteiger partial charge in [-0.3, -0.25) is 0 Å². The lowest BCUT2D eigenvalue weighted by Gasteiger charge is -2.30. The normalized spacial score (nSPS) is 39.8. The van der Waals surface area contributed by atoms with Crippen LogP contribution in [-0.2, 0) is 4.74 Å². The number of aliphatic hydroxyl groups excluding tert-OH is 1. The fourth-order valence-electron chi connectivity index (χ4n) is 2.39. The van der Waals surface area contributed by atoms with Crippen LogP contribution in [-0.4, -0.2) is 30.0 Å². The molecule has 1 aliphatic heterocycles. The highest BCUT2D eigenvalue weighted by molar-refractivity contribution is 4.97. The van der Waals surface area contributed by atoms with Gasteiger partial charge in [-0.05, 0) is 38.1 Å². The summed E-state index contributed by atoms with van der Waals surface area (Å²) < 4.78 is 5.42. The highest BCUT2D eigenvalue weighted by Gasteiger charge is 2.48. The quantitative estimate of drug-likeness (QED) is 0.687. The van der Waals surface area contributed by atoms with Crippen molar-refractivity contribution in [3.8, 4) is 0 Å². The van der Waals surface area contributed by atoms with Crippen molar-refractivity contribution in [2.24, 2.45) is 17.6 Å². The number of aliphatic hydroxyl groups is 1. The summed E-state index contributed by atoms with van der Waals surface area (Å²) in [6.07, 6.45) is 3.98. The van der Waals surface area contributed by atoms with Crippen LogP contribution < -0.4 is 5.73 Å². The van der Waals surface area contributed by atoms with Crippen LogP contribution in [0, 0.1) is 11.8 Å². The van der Waals surface area contributed by atoms with Gasteiger partial charge in [-0.15, -0.1) is 0 Å². The molecule has 90 valence electrons. The van der Waals surface area contributed by atoms with E-state index in [1.807, 2.05) is 6.92 Å². The summed E-state index contributed by atoms with van der Waals surface area (Å²) in [5.41, 5.74) is 5.65. The van der Waals surface area contributed by atoms with Gasteiger partial charge in [0, 0.05) is 0 Å². The first-order valence-corrected chi connectivity index (χ1v) is 6.17. The second-order valence-electron chi connectivity index (χ2n) is 4.79. The monoisotopic (exact) mass is 215 g/mol. The van der Waals surface area contributed by atoms with Crippen LogP contribution in [0.3, 0.4) is 0 Å². The molecule has 1 saturated heterocycles. The number of nitrogens with two attached hydrogens (primary N) is 1. The van der Waals surface area contributed by atoms with Crippen molar-refractivity contribution >= 4 is 0 Å². The van der Waals surface area contributed by atoms with Crippen LogP contribution in [0.2, 0.25) is 0 Å². The van der Waals surface area contributed by atoms with Gasteiger partial charge in [0.05, 0.1) is 18.3 Å². The van der Waals surface area contributed by atoms with Crippen LogP contribution >= 0.6 is 0 Å². The summed E-state index contributed by atoms with van der Waals surface area (Å²) >= 11 is 0. The number of hydrogen-bond acceptors (Lipinski definition) is 3. The van der Waals surface area contributed by atoms with Crippen LogP contribution in [0.25, 0.3) is 0 Å². The first kappa shape index (κ1) is 12.9. The smallest absolute Gasteiger partial charge is 0.0845 e. The van der Waals surface area contributed by atoms with Crippen molar-refractivity contribution in [3.05, 3.63) is 0 Å². The molecule has 5 atom stereocenters. The Morgan fingerprint density at radius 2 is 1.87 bits per heavy atom. The highest BCUT2D eigenvalue weighted by atomic mass is 16.6. The Balaban J connectivity index is 0.000000337. The second kappa shape index (κ2) is 5.83. The third-order valence-electron chi connectivity index (χ3n) is 3.26. The van der Waals surface area contributed by atoms with E-state index in [0.29, 0.717) is 30.6 Å². The largest absolute Gasteiger partial charge is 0.393 e. The van der Waals surface area contributed by atoms with Gasteiger partial charge in [0.2, 0.25) is 0 Å². The van der Waals surface area contributed by atoms with E-state index in [0.717, 1.165) is 12.8 Å². The minimum Gasteiger partial charge on any atom is -0.393 e. The van der Waals surface area contributed by atoms with Crippen LogP contribution in [0.5, 0.6) is 0 Å². The predicted octanol–water partition coefficient (Wildman–Crippen LogP) is 1.54. The van der Waals surface area contributed by atoms with Gasteiger partial charge in [0.15, 0.2) is 0 Å². The Bertz CT molecular complexity index is 184. The Morgan fingerprint density at radius 1 is 1.33 bits per heavy atom. The maximum absolute atomic E-state index is 9.50. The fourth-order valence-corrected chi connectivity index (χ4v) is 2.39. The predicted molar refractivity (Wildman–Crippen MR) is 61.6 cm³/mol. The van der Waals surface area contributed by atoms with Crippen molar-refractivity contribution in [2.45, 2.75) is 58.3 Å². The summed E-state index contributed by atoms with van der Waals surface area (Å²) in [6, 6.07) is 0. The molecule has 5 unspecified atom stereocenters. The third kappa shape index (κ3) is 3.44. The maximum atomic E-state index is 9.50. The first-order chi connectivity index (χ1) is 7.13. The lowest BCUT2D eigenvalue weighted by atomic mass is 9.77. The summed E-state index contributed by atoms with van der Waals surface area (Å²) in [5.74, 6) is 0.826. The second-order valence-corrected chi connectivity index (χ2v) is 4.79. The molecular formula is C12H25NO2. The van der Waals surface area contributed by atoms with Crippen LogP contribution in [0.4, 0.5) is 0 Å². The number of ether oxygens (including phenoxy) is 1. The van der Waals surface area contributed by atoms with Gasteiger partial charge >= 0.3 is 0 Å². The number of hydrogen-bond donors (Lipinski definition) is 2. The molecule has 0 aromatic heterocycles. The van der Waals surface area contributed by atoms with Crippen molar-refractivity contribution in [2.75, 3.05) is 6.54 Å². The maximum Gasteiger partial charge on any atom is 0.0845 e. The molecule has 1 heterocycles. The summed E-state index contributed by atoms with van der Waals surface area (Å²) in [4.78, 5) is 0. The van der Waals surface area contributed by atoms with Crippen molar-refractivity contribution in [1.82, 2.24) is 0 Å². The molecule has 3 nitrogen and oxygen atoms in total. The molecule has 0 bridgehead atoms. The van der Waals surface area contributed by atoms with E-state index in [4.69, 9.17) is 10.5 Å². The zero-order valence-corrected chi connectivity index (χ0v) is 10.1. The SMILES string of the molecule is CC(O)C1CC2OC2CC1CN.CCC. The molecule has 0 spiro atoms. The average Bonchev–Trinajstić information content (AvgIpc) is 2.94. The molecule has 3 N–H and O–H groups in total. The van der Waals surface area contributed by atoms with Crippen molar-refractivity contribution in [1.29, 1.82) is 0 Å².